The van der Waals surface area contributed by atoms with Crippen molar-refractivity contribution in [2.45, 2.75) is 27.6 Å². The standard InChI is InChI=1S/C16H17N9O8S4/c1-16(37(30,31)32,36-15-20-23-24-21-15)5-3-34-12-8(11(27)25(12)9(5)13(28)29)19-10(26)7(22-33-2)6-4-35-14(17)18-6/h4,8,12H,3H2,1-2H3,(H2,17,18)(H,19,26)(H,28,29)(H,30,31,32)(H,20,21,23,24)/b22-7-/t8?,12-,16?/m1/s1. The lowest BCUT2D eigenvalue weighted by Gasteiger charge is -2.50. The number of carbonyl (C=O) groups excluding carboxylic acids is 2. The van der Waals surface area contributed by atoms with E-state index in [0.717, 1.165) is 34.9 Å². The quantitative estimate of drug-likeness (QED) is 0.0748. The molecule has 4 heterocycles. The summed E-state index contributed by atoms with van der Waals surface area (Å²) in [6.07, 6.45) is 0. The van der Waals surface area contributed by atoms with Crippen molar-refractivity contribution in [1.29, 1.82) is 0 Å². The summed E-state index contributed by atoms with van der Waals surface area (Å²) in [5.41, 5.74) is 4.54. The fourth-order valence-electron chi connectivity index (χ4n) is 3.52. The summed E-state index contributed by atoms with van der Waals surface area (Å²) in [6.45, 7) is 1.07. The molecule has 0 bridgehead atoms. The van der Waals surface area contributed by atoms with Crippen molar-refractivity contribution in [3.63, 3.8) is 0 Å². The zero-order valence-corrected chi connectivity index (χ0v) is 21.9. The van der Waals surface area contributed by atoms with Gasteiger partial charge in [-0.25, -0.2) is 14.9 Å². The number of nitrogens with two attached hydrogens (primary N) is 1. The summed E-state index contributed by atoms with van der Waals surface area (Å²) in [5.74, 6) is -3.48. The van der Waals surface area contributed by atoms with Gasteiger partial charge in [-0.1, -0.05) is 16.9 Å². The molecular formula is C16H17N9O8S4. The number of rotatable bonds is 9. The fourth-order valence-corrected chi connectivity index (χ4v) is 7.71. The molecule has 2 aliphatic heterocycles. The molecule has 17 nitrogen and oxygen atoms in total. The number of aromatic nitrogens is 5. The zero-order chi connectivity index (χ0) is 27.1. The maximum Gasteiger partial charge on any atom is 0.352 e. The summed E-state index contributed by atoms with van der Waals surface area (Å²) in [7, 11) is -3.75. The van der Waals surface area contributed by atoms with Crippen LogP contribution in [0.25, 0.3) is 0 Å². The number of nitrogens with one attached hydrogen (secondary N) is 2. The first-order chi connectivity index (χ1) is 17.4. The van der Waals surface area contributed by atoms with Crippen LogP contribution in [0.2, 0.25) is 0 Å². The number of fused-ring (bicyclic) bond motifs is 1. The lowest BCUT2D eigenvalue weighted by atomic mass is 10.0. The summed E-state index contributed by atoms with van der Waals surface area (Å²) < 4.78 is 32.7. The Bertz CT molecular complexity index is 1420. The van der Waals surface area contributed by atoms with E-state index < -0.39 is 49.1 Å². The van der Waals surface area contributed by atoms with E-state index in [0.29, 0.717) is 11.8 Å². The third kappa shape index (κ3) is 4.74. The number of hydrogen-bond acceptors (Lipinski definition) is 15. The minimum absolute atomic E-state index is 0.109. The number of carboxylic acids is 1. The molecule has 0 radical (unpaired) electrons. The molecule has 2 aromatic rings. The molecule has 1 saturated heterocycles. The van der Waals surface area contributed by atoms with Gasteiger partial charge >= 0.3 is 5.97 Å². The van der Waals surface area contributed by atoms with E-state index in [9.17, 15) is 32.5 Å². The van der Waals surface area contributed by atoms with E-state index in [1.807, 2.05) is 0 Å². The predicted octanol–water partition coefficient (Wildman–Crippen LogP) is -1.28. The van der Waals surface area contributed by atoms with Gasteiger partial charge in [0, 0.05) is 16.7 Å². The second kappa shape index (κ2) is 9.89. The van der Waals surface area contributed by atoms with Gasteiger partial charge in [0.05, 0.1) is 0 Å². The van der Waals surface area contributed by atoms with Gasteiger partial charge < -0.3 is 21.0 Å². The smallest absolute Gasteiger partial charge is 0.352 e. The molecule has 198 valence electrons. The molecule has 4 rings (SSSR count). The second-order valence-electron chi connectivity index (χ2n) is 7.42. The summed E-state index contributed by atoms with van der Waals surface area (Å²) in [4.78, 5) is 47.7. The Morgan fingerprint density at radius 2 is 2.19 bits per heavy atom. The van der Waals surface area contributed by atoms with Crippen LogP contribution in [-0.2, 0) is 29.3 Å². The lowest BCUT2D eigenvalue weighted by molar-refractivity contribution is -0.150. The number of thioether (sulfide) groups is 2. The van der Waals surface area contributed by atoms with Crippen molar-refractivity contribution in [3.05, 3.63) is 22.3 Å². The van der Waals surface area contributed by atoms with Crippen molar-refractivity contribution in [2.75, 3.05) is 18.6 Å². The first-order valence-corrected chi connectivity index (χ1v) is 14.0. The monoisotopic (exact) mass is 591 g/mol. The Morgan fingerprint density at radius 1 is 1.46 bits per heavy atom. The molecule has 3 atom stereocenters. The van der Waals surface area contributed by atoms with Crippen LogP contribution in [0.3, 0.4) is 0 Å². The number of oxime groups is 1. The number of aromatic amines is 1. The maximum absolute atomic E-state index is 13.0. The molecule has 21 heteroatoms. The van der Waals surface area contributed by atoms with Gasteiger partial charge in [-0.2, -0.15) is 8.42 Å². The highest BCUT2D eigenvalue weighted by molar-refractivity contribution is 8.13. The Labute approximate surface area is 220 Å². The number of hydrogen-bond donors (Lipinski definition) is 5. The summed E-state index contributed by atoms with van der Waals surface area (Å²) >= 11 is 2.51. The molecule has 0 saturated carbocycles. The van der Waals surface area contributed by atoms with Crippen molar-refractivity contribution < 1.29 is 37.3 Å². The third-order valence-electron chi connectivity index (χ3n) is 5.28. The number of nitrogens with zero attached hydrogens (tertiary/aromatic N) is 6. The fraction of sp³-hybridized carbons (Fsp3) is 0.375. The topological polar surface area (TPSA) is 256 Å². The molecule has 2 amide bonds. The van der Waals surface area contributed by atoms with E-state index in [2.05, 4.69) is 36.1 Å². The van der Waals surface area contributed by atoms with Crippen LogP contribution >= 0.6 is 34.9 Å². The number of H-pyrrole nitrogens is 1. The summed E-state index contributed by atoms with van der Waals surface area (Å²) in [6, 6.07) is -1.17. The van der Waals surface area contributed by atoms with Crippen molar-refractivity contribution in [2.24, 2.45) is 5.16 Å². The van der Waals surface area contributed by atoms with Crippen LogP contribution in [-0.4, -0.2) is 100 Å². The molecule has 2 unspecified atom stereocenters. The molecule has 2 aliphatic rings. The number of tetrazole rings is 1. The predicted molar refractivity (Wildman–Crippen MR) is 130 cm³/mol. The number of carbonyl (C=O) groups is 3. The van der Waals surface area contributed by atoms with Crippen LogP contribution < -0.4 is 11.1 Å². The first-order valence-electron chi connectivity index (χ1n) is 9.83. The average molecular weight is 592 g/mol. The van der Waals surface area contributed by atoms with E-state index in [4.69, 9.17) is 10.6 Å². The SMILES string of the molecule is CO/N=C(\C(=O)NC1C(=O)N2C(C(=O)O)=C(C(C)(Sc3nnn[nH]3)S(=O)(=O)O)CS[C@H]12)c1csc(N)n1. The van der Waals surface area contributed by atoms with Gasteiger partial charge in [0.25, 0.3) is 21.9 Å². The first kappa shape index (κ1) is 26.8. The molecular weight excluding hydrogens is 574 g/mol. The Kier molecular flexibility index (Phi) is 7.16. The number of carboxylic acid groups (broad SMARTS) is 1. The largest absolute Gasteiger partial charge is 0.477 e. The minimum Gasteiger partial charge on any atom is -0.477 e. The van der Waals surface area contributed by atoms with Crippen molar-refractivity contribution in [3.8, 4) is 0 Å². The molecule has 2 aromatic heterocycles. The molecule has 6 N–H and O–H groups in total. The van der Waals surface area contributed by atoms with Gasteiger partial charge in [0.2, 0.25) is 5.16 Å². The third-order valence-corrected chi connectivity index (χ3v) is 10.3. The number of nitrogen functional groups attached to an aromatic ring is 1. The van der Waals surface area contributed by atoms with Crippen LogP contribution in [0.4, 0.5) is 5.13 Å². The summed E-state index contributed by atoms with van der Waals surface area (Å²) in [5, 5.41) is 29.3. The van der Waals surface area contributed by atoms with E-state index >= 15 is 0 Å². The maximum atomic E-state index is 13.0. The lowest BCUT2D eigenvalue weighted by Crippen LogP contribution is -2.71. The number of β-lactam (4-membered cyclic amide) rings is 1. The number of aliphatic carboxylic acids is 1. The van der Waals surface area contributed by atoms with Crippen LogP contribution in [0, 0.1) is 0 Å². The zero-order valence-electron chi connectivity index (χ0n) is 18.7. The molecule has 1 fully saturated rings. The molecule has 37 heavy (non-hydrogen) atoms. The number of anilines is 1. The Hall–Kier alpha value is -3.27. The molecule has 0 aliphatic carbocycles. The number of thiazole rings is 1. The van der Waals surface area contributed by atoms with E-state index in [1.165, 1.54) is 12.5 Å². The number of amides is 2. The van der Waals surface area contributed by atoms with Gasteiger partial charge in [-0.15, -0.1) is 28.2 Å². The van der Waals surface area contributed by atoms with Gasteiger partial charge in [0.1, 0.15) is 29.9 Å². The van der Waals surface area contributed by atoms with Gasteiger partial charge in [-0.3, -0.25) is 19.0 Å². The Balaban J connectivity index is 1.65. The van der Waals surface area contributed by atoms with Crippen molar-refractivity contribution in [1.82, 2.24) is 35.8 Å². The Morgan fingerprint density at radius 3 is 2.73 bits per heavy atom. The molecule has 0 aromatic carbocycles. The average Bonchev–Trinajstić information content (AvgIpc) is 3.50. The van der Waals surface area contributed by atoms with Crippen molar-refractivity contribution >= 4 is 73.6 Å². The van der Waals surface area contributed by atoms with Crippen LogP contribution in [0.5, 0.6) is 0 Å². The second-order valence-corrected chi connectivity index (χ2v) is 12.8. The van der Waals surface area contributed by atoms with E-state index in [1.54, 1.807) is 0 Å². The van der Waals surface area contributed by atoms with E-state index in [-0.39, 0.29) is 33.0 Å². The van der Waals surface area contributed by atoms with Gasteiger partial charge in [-0.05, 0) is 17.4 Å². The van der Waals surface area contributed by atoms with Crippen LogP contribution in [0.15, 0.2) is 27.0 Å². The molecule has 0 spiro atoms. The van der Waals surface area contributed by atoms with Gasteiger partial charge in [0.15, 0.2) is 14.9 Å². The minimum atomic E-state index is -4.96. The highest BCUT2D eigenvalue weighted by Gasteiger charge is 2.58. The highest BCUT2D eigenvalue weighted by atomic mass is 32.3. The van der Waals surface area contributed by atoms with Crippen LogP contribution in [0.1, 0.15) is 12.6 Å². The normalized spacial score (nSPS) is 21.6. The highest BCUT2D eigenvalue weighted by Crippen LogP contribution is 2.49.